The molecule has 0 atom stereocenters. The molecule has 0 fully saturated rings. The van der Waals surface area contributed by atoms with Crippen LogP contribution in [0.25, 0.3) is 0 Å². The monoisotopic (exact) mass is 370 g/mol. The molecular weight excluding hydrogens is 344 g/mol. The first kappa shape index (κ1) is 19.6. The Labute approximate surface area is 167 Å². The van der Waals surface area contributed by atoms with Crippen molar-refractivity contribution in [2.24, 2.45) is 4.99 Å². The molecule has 0 unspecified atom stereocenters. The maximum atomic E-state index is 4.73. The van der Waals surface area contributed by atoms with Crippen LogP contribution in [0.1, 0.15) is 24.7 Å². The summed E-state index contributed by atoms with van der Waals surface area (Å²) in [6, 6.07) is 12.0. The normalized spacial score (nSPS) is 15.1. The summed E-state index contributed by atoms with van der Waals surface area (Å²) in [7, 11) is 0. The number of hydrogen-bond acceptors (Lipinski definition) is 4. The predicted octanol–water partition coefficient (Wildman–Crippen LogP) is 4.90. The molecule has 0 spiro atoms. The van der Waals surface area contributed by atoms with Gasteiger partial charge in [-0.2, -0.15) is 0 Å². The number of pyridine rings is 2. The van der Waals surface area contributed by atoms with E-state index in [1.807, 2.05) is 60.9 Å². The van der Waals surface area contributed by atoms with Crippen LogP contribution in [-0.2, 0) is 13.1 Å². The second-order valence-corrected chi connectivity index (χ2v) is 6.74. The highest BCUT2D eigenvalue weighted by Gasteiger charge is 2.18. The molecule has 2 aromatic heterocycles. The molecule has 0 N–H and O–H groups in total. The molecule has 28 heavy (non-hydrogen) atoms. The second-order valence-electron chi connectivity index (χ2n) is 6.74. The van der Waals surface area contributed by atoms with Gasteiger partial charge in [0.1, 0.15) is 0 Å². The fourth-order valence-electron chi connectivity index (χ4n) is 3.00. The molecule has 0 saturated heterocycles. The number of aliphatic imine (C=N–C) groups is 1. The highest BCUT2D eigenvalue weighted by atomic mass is 15.1. The first-order valence-electron chi connectivity index (χ1n) is 9.51. The molecule has 0 radical (unpaired) electrons. The van der Waals surface area contributed by atoms with Crippen LogP contribution in [-0.4, -0.2) is 27.1 Å². The van der Waals surface area contributed by atoms with Gasteiger partial charge in [-0.25, -0.2) is 0 Å². The summed E-state index contributed by atoms with van der Waals surface area (Å²) in [5, 5.41) is 0. The van der Waals surface area contributed by atoms with Gasteiger partial charge in [-0.05, 0) is 41.8 Å². The van der Waals surface area contributed by atoms with Gasteiger partial charge in [-0.3, -0.25) is 19.9 Å². The molecule has 0 saturated carbocycles. The van der Waals surface area contributed by atoms with E-state index in [2.05, 4.69) is 41.0 Å². The third-order valence-corrected chi connectivity index (χ3v) is 4.50. The van der Waals surface area contributed by atoms with Crippen LogP contribution in [0.15, 0.2) is 102 Å². The quantitative estimate of drug-likeness (QED) is 0.664. The first-order chi connectivity index (χ1) is 13.7. The largest absolute Gasteiger partial charge is 0.287 e. The van der Waals surface area contributed by atoms with Crippen molar-refractivity contribution in [3.05, 3.63) is 108 Å². The maximum Gasteiger partial charge on any atom is 0.0744 e. The van der Waals surface area contributed by atoms with Crippen molar-refractivity contribution in [1.82, 2.24) is 14.9 Å². The van der Waals surface area contributed by atoms with Crippen LogP contribution in [0, 0.1) is 0 Å². The molecule has 1 aliphatic carbocycles. The average Bonchev–Trinajstić information content (AvgIpc) is 2.72. The van der Waals surface area contributed by atoms with E-state index in [4.69, 9.17) is 4.99 Å². The Morgan fingerprint density at radius 1 is 1.00 bits per heavy atom. The van der Waals surface area contributed by atoms with Gasteiger partial charge in [0.15, 0.2) is 0 Å². The Bertz CT molecular complexity index is 867. The Hall–Kier alpha value is -3.11. The van der Waals surface area contributed by atoms with Crippen LogP contribution < -0.4 is 0 Å². The smallest absolute Gasteiger partial charge is 0.0744 e. The van der Waals surface area contributed by atoms with E-state index in [1.54, 1.807) is 0 Å². The fourth-order valence-corrected chi connectivity index (χ4v) is 3.00. The Morgan fingerprint density at radius 3 is 2.18 bits per heavy atom. The van der Waals surface area contributed by atoms with E-state index >= 15 is 0 Å². The van der Waals surface area contributed by atoms with Gasteiger partial charge in [0.25, 0.3) is 0 Å². The third-order valence-electron chi connectivity index (χ3n) is 4.50. The minimum Gasteiger partial charge on any atom is -0.287 e. The lowest BCUT2D eigenvalue weighted by atomic mass is 9.97. The second kappa shape index (κ2) is 9.72. The topological polar surface area (TPSA) is 41.4 Å². The zero-order valence-electron chi connectivity index (χ0n) is 16.4. The molecule has 0 aromatic carbocycles. The fraction of sp³-hybridized carbons (Fsp3) is 0.208. The van der Waals surface area contributed by atoms with Crippen LogP contribution in [0.4, 0.5) is 0 Å². The molecule has 142 valence electrons. The Morgan fingerprint density at radius 2 is 1.64 bits per heavy atom. The van der Waals surface area contributed by atoms with Crippen molar-refractivity contribution in [2.75, 3.05) is 6.54 Å². The minimum atomic E-state index is 0.729. The number of hydrogen-bond donors (Lipinski definition) is 0. The summed E-state index contributed by atoms with van der Waals surface area (Å²) < 4.78 is 0. The van der Waals surface area contributed by atoms with Crippen LogP contribution in [0.2, 0.25) is 0 Å². The maximum absolute atomic E-state index is 4.73. The van der Waals surface area contributed by atoms with E-state index in [0.29, 0.717) is 0 Å². The minimum absolute atomic E-state index is 0.729. The highest BCUT2D eigenvalue weighted by molar-refractivity contribution is 6.15. The van der Waals surface area contributed by atoms with Crippen molar-refractivity contribution in [3.8, 4) is 0 Å². The average molecular weight is 371 g/mol. The van der Waals surface area contributed by atoms with Gasteiger partial charge in [0, 0.05) is 37.7 Å². The van der Waals surface area contributed by atoms with Crippen LogP contribution >= 0.6 is 0 Å². The molecule has 0 amide bonds. The third kappa shape index (κ3) is 5.44. The highest BCUT2D eigenvalue weighted by Crippen LogP contribution is 2.19. The molecule has 2 aromatic rings. The van der Waals surface area contributed by atoms with E-state index in [-0.39, 0.29) is 0 Å². The van der Waals surface area contributed by atoms with Gasteiger partial charge in [-0.1, -0.05) is 50.4 Å². The molecule has 4 heteroatoms. The number of allylic oxidation sites excluding steroid dienone is 5. The molecule has 3 rings (SSSR count). The Balaban J connectivity index is 1.85. The van der Waals surface area contributed by atoms with Gasteiger partial charge in [-0.15, -0.1) is 0 Å². The van der Waals surface area contributed by atoms with Crippen molar-refractivity contribution in [2.45, 2.75) is 26.4 Å². The lowest BCUT2D eigenvalue weighted by Crippen LogP contribution is -2.29. The molecule has 0 aliphatic heterocycles. The SMILES string of the molecule is C=C(CC)N=C1C(=C)C=CC=C1CN(Cc1ccccn1)Cc1ccccn1. The summed E-state index contributed by atoms with van der Waals surface area (Å²) in [6.07, 6.45) is 10.6. The molecule has 1 aliphatic rings. The molecule has 4 nitrogen and oxygen atoms in total. The standard InChI is InChI=1S/C24H26N4/c1-4-20(3)27-24-19(2)10-9-11-21(24)16-28(17-22-12-5-7-14-25-22)18-23-13-6-8-15-26-23/h5-15H,2-4,16-18H2,1H3. The van der Waals surface area contributed by atoms with Crippen molar-refractivity contribution in [1.29, 1.82) is 0 Å². The summed E-state index contributed by atoms with van der Waals surface area (Å²) in [4.78, 5) is 16.0. The van der Waals surface area contributed by atoms with Crippen molar-refractivity contribution in [3.63, 3.8) is 0 Å². The molecule has 0 bridgehead atoms. The van der Waals surface area contributed by atoms with E-state index in [0.717, 1.165) is 60.0 Å². The van der Waals surface area contributed by atoms with Crippen LogP contribution in [0.5, 0.6) is 0 Å². The zero-order valence-corrected chi connectivity index (χ0v) is 16.4. The zero-order chi connectivity index (χ0) is 19.8. The van der Waals surface area contributed by atoms with Crippen molar-refractivity contribution < 1.29 is 0 Å². The lowest BCUT2D eigenvalue weighted by molar-refractivity contribution is 0.276. The lowest BCUT2D eigenvalue weighted by Gasteiger charge is -2.25. The number of aromatic nitrogens is 2. The van der Waals surface area contributed by atoms with Gasteiger partial charge < -0.3 is 0 Å². The summed E-state index contributed by atoms with van der Waals surface area (Å²) in [5.74, 6) is 0. The van der Waals surface area contributed by atoms with E-state index in [9.17, 15) is 0 Å². The predicted molar refractivity (Wildman–Crippen MR) is 116 cm³/mol. The van der Waals surface area contributed by atoms with Crippen molar-refractivity contribution >= 4 is 5.71 Å². The summed E-state index contributed by atoms with van der Waals surface area (Å²) in [6.45, 7) is 12.5. The van der Waals surface area contributed by atoms with Crippen LogP contribution in [0.3, 0.4) is 0 Å². The van der Waals surface area contributed by atoms with Gasteiger partial charge >= 0.3 is 0 Å². The van der Waals surface area contributed by atoms with Gasteiger partial charge in [0.05, 0.1) is 17.1 Å². The van der Waals surface area contributed by atoms with Gasteiger partial charge in [0.2, 0.25) is 0 Å². The summed E-state index contributed by atoms with van der Waals surface area (Å²) >= 11 is 0. The number of rotatable bonds is 8. The molecular formula is C24H26N4. The summed E-state index contributed by atoms with van der Waals surface area (Å²) in [5.41, 5.74) is 5.89. The van der Waals surface area contributed by atoms with E-state index in [1.165, 1.54) is 0 Å². The first-order valence-corrected chi connectivity index (χ1v) is 9.51. The molecule has 2 heterocycles. The number of nitrogens with zero attached hydrogens (tertiary/aromatic N) is 4. The Kier molecular flexibility index (Phi) is 6.82. The van der Waals surface area contributed by atoms with E-state index < -0.39 is 0 Å².